The van der Waals surface area contributed by atoms with Gasteiger partial charge in [-0.3, -0.25) is 9.78 Å². The number of aromatic amines is 1. The maximum absolute atomic E-state index is 13.4. The molecule has 5 nitrogen and oxygen atoms in total. The first-order valence-corrected chi connectivity index (χ1v) is 9.44. The summed E-state index contributed by atoms with van der Waals surface area (Å²) in [5.74, 6) is -0.382. The SMILES string of the molecule is CN1CCC(c2cc(-c3ccncc3C(N)=O)c(-c3ccc(F)cc3)[nH]2)CC1. The van der Waals surface area contributed by atoms with Gasteiger partial charge < -0.3 is 15.6 Å². The third kappa shape index (κ3) is 3.55. The van der Waals surface area contributed by atoms with Crippen LogP contribution in [0, 0.1) is 5.82 Å². The number of primary amides is 1. The number of H-pyrrole nitrogens is 1. The van der Waals surface area contributed by atoms with E-state index in [9.17, 15) is 9.18 Å². The Morgan fingerprint density at radius 2 is 1.89 bits per heavy atom. The fourth-order valence-corrected chi connectivity index (χ4v) is 3.90. The van der Waals surface area contributed by atoms with E-state index in [1.54, 1.807) is 24.4 Å². The predicted octanol–water partition coefficient (Wildman–Crippen LogP) is 3.79. The fourth-order valence-electron chi connectivity index (χ4n) is 3.90. The molecule has 2 aromatic heterocycles. The molecule has 6 heteroatoms. The summed E-state index contributed by atoms with van der Waals surface area (Å²) < 4.78 is 13.4. The second-order valence-electron chi connectivity index (χ2n) is 7.38. The number of carbonyl (C=O) groups excluding carboxylic acids is 1. The molecule has 1 aliphatic heterocycles. The largest absolute Gasteiger partial charge is 0.366 e. The van der Waals surface area contributed by atoms with Crippen molar-refractivity contribution < 1.29 is 9.18 Å². The summed E-state index contributed by atoms with van der Waals surface area (Å²) in [7, 11) is 2.14. The molecule has 1 aliphatic rings. The molecular formula is C22H23FN4O. The number of nitrogens with two attached hydrogens (primary N) is 1. The molecule has 3 heterocycles. The molecule has 0 saturated carbocycles. The maximum atomic E-state index is 13.4. The molecule has 3 N–H and O–H groups in total. The van der Waals surface area contributed by atoms with E-state index in [4.69, 9.17) is 5.73 Å². The number of benzene rings is 1. The average Bonchev–Trinajstić information content (AvgIpc) is 3.14. The van der Waals surface area contributed by atoms with Gasteiger partial charge in [-0.2, -0.15) is 0 Å². The Morgan fingerprint density at radius 3 is 2.57 bits per heavy atom. The van der Waals surface area contributed by atoms with Crippen molar-refractivity contribution >= 4 is 5.91 Å². The van der Waals surface area contributed by atoms with Gasteiger partial charge in [-0.05, 0) is 80.5 Å². The molecule has 0 spiro atoms. The van der Waals surface area contributed by atoms with E-state index in [0.29, 0.717) is 11.5 Å². The van der Waals surface area contributed by atoms with E-state index in [1.165, 1.54) is 18.3 Å². The van der Waals surface area contributed by atoms with Crippen molar-refractivity contribution in [3.8, 4) is 22.4 Å². The molecule has 3 aromatic rings. The predicted molar refractivity (Wildman–Crippen MR) is 107 cm³/mol. The minimum Gasteiger partial charge on any atom is -0.366 e. The van der Waals surface area contributed by atoms with Crippen LogP contribution in [-0.4, -0.2) is 40.9 Å². The highest BCUT2D eigenvalue weighted by Gasteiger charge is 2.23. The lowest BCUT2D eigenvalue weighted by Crippen LogP contribution is -2.29. The van der Waals surface area contributed by atoms with Crippen LogP contribution in [0.15, 0.2) is 48.8 Å². The van der Waals surface area contributed by atoms with Crippen LogP contribution in [0.3, 0.4) is 0 Å². The van der Waals surface area contributed by atoms with Crippen LogP contribution in [0.2, 0.25) is 0 Å². The van der Waals surface area contributed by atoms with Gasteiger partial charge in [0.2, 0.25) is 0 Å². The Morgan fingerprint density at radius 1 is 1.18 bits per heavy atom. The average molecular weight is 378 g/mol. The van der Waals surface area contributed by atoms with Crippen molar-refractivity contribution in [3.63, 3.8) is 0 Å². The van der Waals surface area contributed by atoms with Crippen LogP contribution in [0.25, 0.3) is 22.4 Å². The number of hydrogen-bond donors (Lipinski definition) is 2. The monoisotopic (exact) mass is 378 g/mol. The van der Waals surface area contributed by atoms with E-state index >= 15 is 0 Å². The van der Waals surface area contributed by atoms with Crippen molar-refractivity contribution in [2.75, 3.05) is 20.1 Å². The van der Waals surface area contributed by atoms with Gasteiger partial charge in [0.05, 0.1) is 11.3 Å². The first-order valence-electron chi connectivity index (χ1n) is 9.44. The molecule has 0 radical (unpaired) electrons. The molecule has 1 amide bonds. The Labute approximate surface area is 163 Å². The summed E-state index contributed by atoms with van der Waals surface area (Å²) in [6.07, 6.45) is 5.28. The summed E-state index contributed by atoms with van der Waals surface area (Å²) in [6, 6.07) is 10.3. The standard InChI is InChI=1S/C22H23FN4O/c1-27-10-7-14(8-11-27)20-12-18(17-6-9-25-13-19(17)22(24)28)21(26-20)15-2-4-16(23)5-3-15/h2-6,9,12-14,26H,7-8,10-11H2,1H3,(H2,24,28). The van der Waals surface area contributed by atoms with Crippen LogP contribution in [0.4, 0.5) is 4.39 Å². The minimum absolute atomic E-state index is 0.283. The van der Waals surface area contributed by atoms with Crippen molar-refractivity contribution in [3.05, 3.63) is 65.9 Å². The molecule has 1 saturated heterocycles. The minimum atomic E-state index is -0.518. The number of aromatic nitrogens is 2. The molecule has 4 rings (SSSR count). The van der Waals surface area contributed by atoms with Crippen molar-refractivity contribution in [2.45, 2.75) is 18.8 Å². The van der Waals surface area contributed by atoms with Gasteiger partial charge in [-0.25, -0.2) is 4.39 Å². The number of amides is 1. The Kier molecular flexibility index (Phi) is 4.96. The Bertz CT molecular complexity index is 988. The number of pyridine rings is 1. The van der Waals surface area contributed by atoms with Crippen LogP contribution >= 0.6 is 0 Å². The quantitative estimate of drug-likeness (QED) is 0.725. The van der Waals surface area contributed by atoms with Gasteiger partial charge in [0, 0.05) is 29.6 Å². The van der Waals surface area contributed by atoms with Gasteiger partial charge in [-0.1, -0.05) is 0 Å². The normalized spacial score (nSPS) is 15.6. The van der Waals surface area contributed by atoms with Crippen LogP contribution < -0.4 is 5.73 Å². The number of halogens is 1. The molecule has 144 valence electrons. The lowest BCUT2D eigenvalue weighted by molar-refractivity contribution is 0.100. The smallest absolute Gasteiger partial charge is 0.250 e. The van der Waals surface area contributed by atoms with Gasteiger partial charge in [0.15, 0.2) is 0 Å². The van der Waals surface area contributed by atoms with E-state index in [2.05, 4.69) is 28.0 Å². The number of nitrogens with one attached hydrogen (secondary N) is 1. The summed E-state index contributed by atoms with van der Waals surface area (Å²) in [5.41, 5.74) is 10.4. The molecule has 1 fully saturated rings. The number of likely N-dealkylation sites (tertiary alicyclic amines) is 1. The number of carbonyl (C=O) groups is 1. The Balaban J connectivity index is 1.84. The summed E-state index contributed by atoms with van der Waals surface area (Å²) in [5, 5.41) is 0. The fraction of sp³-hybridized carbons (Fsp3) is 0.273. The highest BCUT2D eigenvalue weighted by atomic mass is 19.1. The first-order chi connectivity index (χ1) is 13.5. The van der Waals surface area contributed by atoms with Gasteiger partial charge >= 0.3 is 0 Å². The van der Waals surface area contributed by atoms with E-state index < -0.39 is 5.91 Å². The van der Waals surface area contributed by atoms with Gasteiger partial charge in [-0.15, -0.1) is 0 Å². The summed E-state index contributed by atoms with van der Waals surface area (Å²) >= 11 is 0. The first kappa shape index (κ1) is 18.4. The van der Waals surface area contributed by atoms with Crippen LogP contribution in [-0.2, 0) is 0 Å². The number of rotatable bonds is 4. The summed E-state index contributed by atoms with van der Waals surface area (Å²) in [6.45, 7) is 2.10. The molecular weight excluding hydrogens is 355 g/mol. The summed E-state index contributed by atoms with van der Waals surface area (Å²) in [4.78, 5) is 21.9. The molecule has 0 aliphatic carbocycles. The number of nitrogens with zero attached hydrogens (tertiary/aromatic N) is 2. The molecule has 0 unspecified atom stereocenters. The lowest BCUT2D eigenvalue weighted by atomic mass is 9.92. The van der Waals surface area contributed by atoms with E-state index in [0.717, 1.165) is 54.0 Å². The topological polar surface area (TPSA) is 75.0 Å². The van der Waals surface area contributed by atoms with Crippen LogP contribution in [0.1, 0.15) is 34.8 Å². The Hall–Kier alpha value is -2.99. The molecule has 1 aromatic carbocycles. The number of piperidine rings is 1. The van der Waals surface area contributed by atoms with E-state index in [1.807, 2.05) is 0 Å². The molecule has 0 atom stereocenters. The second-order valence-corrected chi connectivity index (χ2v) is 7.38. The third-order valence-electron chi connectivity index (χ3n) is 5.51. The molecule has 0 bridgehead atoms. The highest BCUT2D eigenvalue weighted by molar-refractivity contribution is 6.01. The number of hydrogen-bond acceptors (Lipinski definition) is 3. The lowest BCUT2D eigenvalue weighted by Gasteiger charge is -2.28. The second kappa shape index (κ2) is 7.56. The van der Waals surface area contributed by atoms with Gasteiger partial charge in [0.1, 0.15) is 5.82 Å². The van der Waals surface area contributed by atoms with Crippen molar-refractivity contribution in [2.24, 2.45) is 5.73 Å². The zero-order valence-corrected chi connectivity index (χ0v) is 15.8. The maximum Gasteiger partial charge on any atom is 0.250 e. The van der Waals surface area contributed by atoms with E-state index in [-0.39, 0.29) is 5.82 Å². The van der Waals surface area contributed by atoms with Crippen LogP contribution in [0.5, 0.6) is 0 Å². The van der Waals surface area contributed by atoms with Gasteiger partial charge in [0.25, 0.3) is 5.91 Å². The zero-order chi connectivity index (χ0) is 19.7. The molecule has 28 heavy (non-hydrogen) atoms. The zero-order valence-electron chi connectivity index (χ0n) is 15.8. The third-order valence-corrected chi connectivity index (χ3v) is 5.51. The highest BCUT2D eigenvalue weighted by Crippen LogP contribution is 2.38. The van der Waals surface area contributed by atoms with Crippen molar-refractivity contribution in [1.29, 1.82) is 0 Å². The van der Waals surface area contributed by atoms with Crippen molar-refractivity contribution in [1.82, 2.24) is 14.9 Å².